The van der Waals surface area contributed by atoms with Crippen LogP contribution in [-0.4, -0.2) is 16.6 Å². The third-order valence-electron chi connectivity index (χ3n) is 4.39. The molecule has 24 heavy (non-hydrogen) atoms. The van der Waals surface area contributed by atoms with Gasteiger partial charge in [0.05, 0.1) is 5.69 Å². The van der Waals surface area contributed by atoms with Gasteiger partial charge < -0.3 is 9.88 Å². The predicted molar refractivity (Wildman–Crippen MR) is 103 cm³/mol. The molecule has 1 N–H and O–H groups in total. The zero-order chi connectivity index (χ0) is 16.5. The van der Waals surface area contributed by atoms with Gasteiger partial charge >= 0.3 is 0 Å². The van der Waals surface area contributed by atoms with E-state index in [0.717, 1.165) is 17.4 Å². The molecule has 0 aliphatic carbocycles. The first kappa shape index (κ1) is 15.0. The van der Waals surface area contributed by atoms with Crippen molar-refractivity contribution in [2.45, 2.75) is 13.5 Å². The zero-order valence-electron chi connectivity index (χ0n) is 13.8. The van der Waals surface area contributed by atoms with Crippen LogP contribution < -0.4 is 5.32 Å². The van der Waals surface area contributed by atoms with Gasteiger partial charge in [0.1, 0.15) is 0 Å². The average Bonchev–Trinajstić information content (AvgIpc) is 3.19. The van der Waals surface area contributed by atoms with Crippen LogP contribution >= 0.6 is 11.3 Å². The van der Waals surface area contributed by atoms with Gasteiger partial charge in [-0.1, -0.05) is 48.5 Å². The molecule has 4 heteroatoms. The van der Waals surface area contributed by atoms with E-state index >= 15 is 0 Å². The number of rotatable bonds is 4. The molecule has 0 spiro atoms. The first-order chi connectivity index (χ1) is 11.8. The maximum atomic E-state index is 4.72. The lowest BCUT2D eigenvalue weighted by Gasteiger charge is -2.08. The third kappa shape index (κ3) is 2.49. The number of anilines is 1. The minimum absolute atomic E-state index is 0.871. The van der Waals surface area contributed by atoms with Crippen molar-refractivity contribution in [3.05, 3.63) is 71.2 Å². The highest BCUT2D eigenvalue weighted by Crippen LogP contribution is 2.36. The number of aromatic nitrogens is 2. The minimum atomic E-state index is 0.871. The normalized spacial score (nSPS) is 11.1. The lowest BCUT2D eigenvalue weighted by Crippen LogP contribution is -2.01. The van der Waals surface area contributed by atoms with Crippen molar-refractivity contribution in [3.63, 3.8) is 0 Å². The number of hydrogen-bond acceptors (Lipinski definition) is 3. The van der Waals surface area contributed by atoms with E-state index in [0.29, 0.717) is 0 Å². The molecule has 0 aliphatic heterocycles. The second kappa shape index (κ2) is 6.13. The first-order valence-corrected chi connectivity index (χ1v) is 8.91. The molecule has 2 aromatic heterocycles. The standard InChI is InChI=1S/C20H19N3S/c1-14-19(17-13-24-20(21-2)22-17)16-10-6-7-11-18(16)23(14)12-15-8-4-3-5-9-15/h3-11,13H,12H2,1-2H3,(H,21,22). The first-order valence-electron chi connectivity index (χ1n) is 8.03. The summed E-state index contributed by atoms with van der Waals surface area (Å²) in [6.07, 6.45) is 0. The molecule has 0 fully saturated rings. The van der Waals surface area contributed by atoms with E-state index in [4.69, 9.17) is 4.98 Å². The molecule has 4 aromatic rings. The summed E-state index contributed by atoms with van der Waals surface area (Å²) >= 11 is 1.64. The quantitative estimate of drug-likeness (QED) is 0.559. The molecule has 0 unspecified atom stereocenters. The summed E-state index contributed by atoms with van der Waals surface area (Å²) in [7, 11) is 1.91. The molecule has 2 heterocycles. The number of nitrogens with zero attached hydrogens (tertiary/aromatic N) is 2. The molecule has 0 radical (unpaired) electrons. The van der Waals surface area contributed by atoms with Gasteiger partial charge in [0.2, 0.25) is 0 Å². The monoisotopic (exact) mass is 333 g/mol. The second-order valence-corrected chi connectivity index (χ2v) is 6.70. The largest absolute Gasteiger partial charge is 0.365 e. The maximum absolute atomic E-state index is 4.72. The van der Waals surface area contributed by atoms with E-state index in [2.05, 4.69) is 76.8 Å². The molecule has 0 saturated carbocycles. The molecule has 0 saturated heterocycles. The van der Waals surface area contributed by atoms with Crippen LogP contribution in [0.3, 0.4) is 0 Å². The highest BCUT2D eigenvalue weighted by Gasteiger charge is 2.17. The fraction of sp³-hybridized carbons (Fsp3) is 0.150. The van der Waals surface area contributed by atoms with Crippen LogP contribution in [0.25, 0.3) is 22.2 Å². The van der Waals surface area contributed by atoms with Gasteiger partial charge in [0.15, 0.2) is 5.13 Å². The summed E-state index contributed by atoms with van der Waals surface area (Å²) in [6.45, 7) is 3.06. The van der Waals surface area contributed by atoms with Gasteiger partial charge in [-0.05, 0) is 18.6 Å². The number of nitrogens with one attached hydrogen (secondary N) is 1. The van der Waals surface area contributed by atoms with Gasteiger partial charge in [0, 0.05) is 41.1 Å². The Balaban J connectivity index is 1.90. The highest BCUT2D eigenvalue weighted by atomic mass is 32.1. The summed E-state index contributed by atoms with van der Waals surface area (Å²) in [4.78, 5) is 4.72. The van der Waals surface area contributed by atoms with E-state index < -0.39 is 0 Å². The minimum Gasteiger partial charge on any atom is -0.365 e. The zero-order valence-corrected chi connectivity index (χ0v) is 14.6. The Kier molecular flexibility index (Phi) is 3.82. The van der Waals surface area contributed by atoms with Crippen LogP contribution in [0.15, 0.2) is 60.0 Å². The number of para-hydroxylation sites is 1. The number of thiazole rings is 1. The van der Waals surface area contributed by atoms with Gasteiger partial charge in [-0.25, -0.2) is 4.98 Å². The maximum Gasteiger partial charge on any atom is 0.182 e. The molecule has 4 rings (SSSR count). The molecular weight excluding hydrogens is 314 g/mol. The van der Waals surface area contributed by atoms with Crippen molar-refractivity contribution in [1.29, 1.82) is 0 Å². The second-order valence-electron chi connectivity index (χ2n) is 5.84. The van der Waals surface area contributed by atoms with E-state index in [9.17, 15) is 0 Å². The SMILES string of the molecule is CNc1nc(-c2c(C)n(Cc3ccccc3)c3ccccc23)cs1. The molecule has 0 aliphatic rings. The van der Waals surface area contributed by atoms with Crippen LogP contribution in [0.1, 0.15) is 11.3 Å². The Bertz CT molecular complexity index is 983. The molecular formula is C20H19N3S. The fourth-order valence-electron chi connectivity index (χ4n) is 3.23. The van der Waals surface area contributed by atoms with Gasteiger partial charge in [-0.2, -0.15) is 0 Å². The van der Waals surface area contributed by atoms with Crippen molar-refractivity contribution in [1.82, 2.24) is 9.55 Å². The van der Waals surface area contributed by atoms with Gasteiger partial charge in [0.25, 0.3) is 0 Å². The molecule has 0 atom stereocenters. The number of benzene rings is 2. The highest BCUT2D eigenvalue weighted by molar-refractivity contribution is 7.14. The van der Waals surface area contributed by atoms with Crippen LogP contribution in [0.2, 0.25) is 0 Å². The lowest BCUT2D eigenvalue weighted by molar-refractivity contribution is 0.806. The lowest BCUT2D eigenvalue weighted by atomic mass is 10.1. The van der Waals surface area contributed by atoms with E-state index in [1.807, 2.05) is 7.05 Å². The Morgan fingerprint density at radius 2 is 1.79 bits per heavy atom. The van der Waals surface area contributed by atoms with Crippen LogP contribution in [0, 0.1) is 6.92 Å². The van der Waals surface area contributed by atoms with Gasteiger partial charge in [-0.3, -0.25) is 0 Å². The molecule has 120 valence electrons. The van der Waals surface area contributed by atoms with E-state index in [1.54, 1.807) is 11.3 Å². The van der Waals surface area contributed by atoms with Crippen LogP contribution in [-0.2, 0) is 6.54 Å². The van der Waals surface area contributed by atoms with E-state index in [-0.39, 0.29) is 0 Å². The Morgan fingerprint density at radius 3 is 2.54 bits per heavy atom. The summed E-state index contributed by atoms with van der Waals surface area (Å²) in [5, 5.41) is 7.48. The van der Waals surface area contributed by atoms with Crippen LogP contribution in [0.4, 0.5) is 5.13 Å². The predicted octanol–water partition coefficient (Wildman–Crippen LogP) is 5.16. The summed E-state index contributed by atoms with van der Waals surface area (Å²) in [5.74, 6) is 0. The van der Waals surface area contributed by atoms with Crippen molar-refractivity contribution in [2.75, 3.05) is 12.4 Å². The molecule has 0 amide bonds. The van der Waals surface area contributed by atoms with Crippen molar-refractivity contribution < 1.29 is 0 Å². The van der Waals surface area contributed by atoms with Gasteiger partial charge in [-0.15, -0.1) is 11.3 Å². The topological polar surface area (TPSA) is 29.9 Å². The molecule has 3 nitrogen and oxygen atoms in total. The smallest absolute Gasteiger partial charge is 0.182 e. The average molecular weight is 333 g/mol. The third-order valence-corrected chi connectivity index (χ3v) is 5.25. The number of hydrogen-bond donors (Lipinski definition) is 1. The fourth-order valence-corrected chi connectivity index (χ4v) is 3.89. The van der Waals surface area contributed by atoms with Crippen LogP contribution in [0.5, 0.6) is 0 Å². The van der Waals surface area contributed by atoms with E-state index in [1.165, 1.54) is 27.7 Å². The van der Waals surface area contributed by atoms with Crippen molar-refractivity contribution >= 4 is 27.4 Å². The molecule has 0 bridgehead atoms. The Morgan fingerprint density at radius 1 is 1.04 bits per heavy atom. The Hall–Kier alpha value is -2.59. The summed E-state index contributed by atoms with van der Waals surface area (Å²) in [6, 6.07) is 19.2. The van der Waals surface area contributed by atoms with Crippen molar-refractivity contribution in [3.8, 4) is 11.3 Å². The summed E-state index contributed by atoms with van der Waals surface area (Å²) in [5.41, 5.74) is 6.10. The number of fused-ring (bicyclic) bond motifs is 1. The summed E-state index contributed by atoms with van der Waals surface area (Å²) < 4.78 is 2.39. The molecule has 2 aromatic carbocycles. The van der Waals surface area contributed by atoms with Crippen molar-refractivity contribution in [2.24, 2.45) is 0 Å². The Labute approximate surface area is 145 Å².